The minimum absolute atomic E-state index is 0.0184. The molecular weight excluding hydrogens is 388 g/mol. The van der Waals surface area contributed by atoms with Gasteiger partial charge in [0.2, 0.25) is 0 Å². The molecule has 2 aromatic rings. The molecule has 3 heterocycles. The van der Waals surface area contributed by atoms with Crippen LogP contribution in [0.3, 0.4) is 0 Å². The molecule has 7 nitrogen and oxygen atoms in total. The lowest BCUT2D eigenvalue weighted by atomic mass is 10.0. The molecule has 0 saturated heterocycles. The van der Waals surface area contributed by atoms with Crippen molar-refractivity contribution in [2.75, 3.05) is 20.7 Å². The number of H-pyrrole nitrogens is 1. The van der Waals surface area contributed by atoms with Gasteiger partial charge in [0.25, 0.3) is 5.56 Å². The van der Waals surface area contributed by atoms with E-state index in [1.165, 1.54) is 11.3 Å². The Hall–Kier alpha value is -2.71. The summed E-state index contributed by atoms with van der Waals surface area (Å²) in [5.41, 5.74) is 2.58. The molecule has 1 atom stereocenters. The van der Waals surface area contributed by atoms with Gasteiger partial charge in [0.15, 0.2) is 0 Å². The van der Waals surface area contributed by atoms with E-state index in [1.807, 2.05) is 45.6 Å². The number of thiazole rings is 1. The van der Waals surface area contributed by atoms with Crippen LogP contribution in [-0.2, 0) is 4.74 Å². The summed E-state index contributed by atoms with van der Waals surface area (Å²) in [6.45, 7) is 5.87. The molecule has 0 aromatic carbocycles. The van der Waals surface area contributed by atoms with Crippen molar-refractivity contribution in [2.24, 2.45) is 0 Å². The standard InChI is InChI=1S/C21H26N4O3S/c1-6-28-21(27)15-10-14(19(26)24-18(15)12(2)3)16-11-29-20(23-16)13-7-8-22-17(9-13)25(4)5/h7-12,17,22H,6H2,1-5H3,(H,24,26). The zero-order valence-electron chi connectivity index (χ0n) is 17.3. The van der Waals surface area contributed by atoms with E-state index in [9.17, 15) is 9.59 Å². The number of carbonyl (C=O) groups is 1. The molecule has 1 aliphatic heterocycles. The molecule has 0 aliphatic carbocycles. The predicted octanol–water partition coefficient (Wildman–Crippen LogP) is 3.19. The van der Waals surface area contributed by atoms with Gasteiger partial charge in [-0.3, -0.25) is 9.69 Å². The topological polar surface area (TPSA) is 87.3 Å². The lowest BCUT2D eigenvalue weighted by Crippen LogP contribution is -2.38. The Labute approximate surface area is 174 Å². The maximum absolute atomic E-state index is 12.7. The first-order valence-electron chi connectivity index (χ1n) is 9.53. The Bertz CT molecular complexity index is 1020. The van der Waals surface area contributed by atoms with Crippen LogP contribution >= 0.6 is 11.3 Å². The minimum atomic E-state index is -0.443. The number of aromatic nitrogens is 2. The van der Waals surface area contributed by atoms with Gasteiger partial charge in [0.05, 0.1) is 29.6 Å². The van der Waals surface area contributed by atoms with E-state index in [1.54, 1.807) is 13.0 Å². The van der Waals surface area contributed by atoms with Crippen LogP contribution < -0.4 is 10.9 Å². The molecule has 154 valence electrons. The molecule has 8 heteroatoms. The lowest BCUT2D eigenvalue weighted by molar-refractivity contribution is 0.0524. The third-order valence-electron chi connectivity index (χ3n) is 4.60. The van der Waals surface area contributed by atoms with Crippen LogP contribution in [-0.4, -0.2) is 47.7 Å². The number of likely N-dealkylation sites (N-methyl/N-ethyl adjacent to an activating group) is 1. The number of ether oxygens (including phenoxy) is 1. The average Bonchev–Trinajstić information content (AvgIpc) is 3.17. The number of hydrogen-bond donors (Lipinski definition) is 2. The largest absolute Gasteiger partial charge is 0.462 e. The van der Waals surface area contributed by atoms with Crippen molar-refractivity contribution in [1.29, 1.82) is 0 Å². The van der Waals surface area contributed by atoms with E-state index < -0.39 is 5.97 Å². The third kappa shape index (κ3) is 4.49. The maximum Gasteiger partial charge on any atom is 0.339 e. The van der Waals surface area contributed by atoms with Crippen molar-refractivity contribution in [2.45, 2.75) is 32.9 Å². The van der Waals surface area contributed by atoms with E-state index in [2.05, 4.69) is 26.3 Å². The molecule has 2 aromatic heterocycles. The van der Waals surface area contributed by atoms with Gasteiger partial charge >= 0.3 is 5.97 Å². The van der Waals surface area contributed by atoms with Crippen LogP contribution in [0.15, 0.2) is 34.6 Å². The summed E-state index contributed by atoms with van der Waals surface area (Å²) in [6.07, 6.45) is 6.01. The highest BCUT2D eigenvalue weighted by atomic mass is 32.1. The molecule has 2 N–H and O–H groups in total. The number of allylic oxidation sites excluding steroid dienone is 2. The van der Waals surface area contributed by atoms with E-state index in [4.69, 9.17) is 4.74 Å². The van der Waals surface area contributed by atoms with Gasteiger partial charge in [-0.25, -0.2) is 9.78 Å². The van der Waals surface area contributed by atoms with Gasteiger partial charge in [0, 0.05) is 16.6 Å². The monoisotopic (exact) mass is 414 g/mol. The molecular formula is C21H26N4O3S. The average molecular weight is 415 g/mol. The van der Waals surface area contributed by atoms with Crippen LogP contribution in [0.4, 0.5) is 0 Å². The summed E-state index contributed by atoms with van der Waals surface area (Å²) < 4.78 is 5.18. The van der Waals surface area contributed by atoms with E-state index in [-0.39, 0.29) is 24.2 Å². The van der Waals surface area contributed by atoms with Gasteiger partial charge in [-0.05, 0) is 51.4 Å². The fourth-order valence-corrected chi connectivity index (χ4v) is 3.88. The minimum Gasteiger partial charge on any atom is -0.462 e. The second-order valence-electron chi connectivity index (χ2n) is 7.28. The third-order valence-corrected chi connectivity index (χ3v) is 5.49. The van der Waals surface area contributed by atoms with Crippen LogP contribution in [0, 0.1) is 0 Å². The van der Waals surface area contributed by atoms with Crippen LogP contribution in [0.1, 0.15) is 47.7 Å². The normalized spacial score (nSPS) is 16.1. The first kappa shape index (κ1) is 21.0. The predicted molar refractivity (Wildman–Crippen MR) is 116 cm³/mol. The summed E-state index contributed by atoms with van der Waals surface area (Å²) in [5, 5.41) is 5.91. The van der Waals surface area contributed by atoms with Gasteiger partial charge in [-0.1, -0.05) is 13.8 Å². The molecule has 1 aliphatic rings. The summed E-state index contributed by atoms with van der Waals surface area (Å²) in [5.74, 6) is -0.461. The molecule has 1 unspecified atom stereocenters. The smallest absolute Gasteiger partial charge is 0.339 e. The Kier molecular flexibility index (Phi) is 6.34. The second kappa shape index (κ2) is 8.75. The van der Waals surface area contributed by atoms with Crippen molar-refractivity contribution >= 4 is 22.9 Å². The first-order valence-corrected chi connectivity index (χ1v) is 10.4. The number of pyridine rings is 1. The Morgan fingerprint density at radius 2 is 2.14 bits per heavy atom. The number of rotatable bonds is 6. The van der Waals surface area contributed by atoms with Gasteiger partial charge < -0.3 is 15.0 Å². The molecule has 0 spiro atoms. The summed E-state index contributed by atoms with van der Waals surface area (Å²) in [4.78, 5) is 34.7. The first-order chi connectivity index (χ1) is 13.8. The SMILES string of the molecule is CCOC(=O)c1cc(-c2csc(C3=CC(N(C)C)NC=C3)n2)c(=O)[nH]c1C(C)C. The van der Waals surface area contributed by atoms with Crippen LogP contribution in [0.5, 0.6) is 0 Å². The summed E-state index contributed by atoms with van der Waals surface area (Å²) >= 11 is 1.46. The molecule has 0 radical (unpaired) electrons. The van der Waals surface area contributed by atoms with Crippen LogP contribution in [0.2, 0.25) is 0 Å². The quantitative estimate of drug-likeness (QED) is 0.706. The zero-order chi connectivity index (χ0) is 21.1. The summed E-state index contributed by atoms with van der Waals surface area (Å²) in [7, 11) is 3.98. The number of dihydropyridines is 1. The summed E-state index contributed by atoms with van der Waals surface area (Å²) in [6, 6.07) is 1.60. The van der Waals surface area contributed by atoms with Gasteiger partial charge in [-0.2, -0.15) is 0 Å². The number of nitrogens with one attached hydrogen (secondary N) is 2. The van der Waals surface area contributed by atoms with E-state index in [0.717, 1.165) is 10.6 Å². The second-order valence-corrected chi connectivity index (χ2v) is 8.14. The number of nitrogens with zero attached hydrogens (tertiary/aromatic N) is 2. The molecule has 3 rings (SSSR count). The molecule has 29 heavy (non-hydrogen) atoms. The highest BCUT2D eigenvalue weighted by molar-refractivity contribution is 7.11. The molecule has 0 amide bonds. The van der Waals surface area contributed by atoms with Crippen LogP contribution in [0.25, 0.3) is 16.8 Å². The van der Waals surface area contributed by atoms with E-state index in [0.29, 0.717) is 22.5 Å². The number of carbonyl (C=O) groups excluding carboxylic acids is 1. The van der Waals surface area contributed by atoms with Crippen molar-refractivity contribution in [1.82, 2.24) is 20.2 Å². The fraction of sp³-hybridized carbons (Fsp3) is 0.381. The highest BCUT2D eigenvalue weighted by Gasteiger charge is 2.21. The molecule has 0 saturated carbocycles. The fourth-order valence-electron chi connectivity index (χ4n) is 3.05. The Morgan fingerprint density at radius 1 is 1.38 bits per heavy atom. The zero-order valence-corrected chi connectivity index (χ0v) is 18.1. The Balaban J connectivity index is 2.02. The lowest BCUT2D eigenvalue weighted by Gasteiger charge is -2.24. The molecule has 0 bridgehead atoms. The highest BCUT2D eigenvalue weighted by Crippen LogP contribution is 2.28. The van der Waals surface area contributed by atoms with Crippen molar-refractivity contribution in [3.8, 4) is 11.3 Å². The maximum atomic E-state index is 12.7. The van der Waals surface area contributed by atoms with Crippen molar-refractivity contribution in [3.05, 3.63) is 56.4 Å². The number of aromatic amines is 1. The van der Waals surface area contributed by atoms with Crippen molar-refractivity contribution in [3.63, 3.8) is 0 Å². The molecule has 0 fully saturated rings. The van der Waals surface area contributed by atoms with Gasteiger partial charge in [-0.15, -0.1) is 11.3 Å². The van der Waals surface area contributed by atoms with E-state index >= 15 is 0 Å². The number of hydrogen-bond acceptors (Lipinski definition) is 7. The number of esters is 1. The van der Waals surface area contributed by atoms with Crippen molar-refractivity contribution < 1.29 is 9.53 Å². The van der Waals surface area contributed by atoms with Gasteiger partial charge in [0.1, 0.15) is 5.01 Å². The Morgan fingerprint density at radius 3 is 2.79 bits per heavy atom.